The molecule has 2 amide bonds. The standard InChI is InChI=1S/C35H40N8O3/c1-40-23-36-33(39-40)27-4-2-24(3-5-27)25-8-14-42(15-9-25)31(44)21-41-16-12-35(22-41)13-17-43(34(35)45)28-6-7-30-29(20-28)32(38-37-30)26-10-18-46-19-11-26/h2-8,20,23,26H,9-19,21-22H2,1H3,(H,37,38)/t35-/m0/s1. The second-order valence-corrected chi connectivity index (χ2v) is 13.3. The van der Waals surface area contributed by atoms with Gasteiger partial charge < -0.3 is 14.5 Å². The normalized spacial score (nSPS) is 22.8. The van der Waals surface area contributed by atoms with Gasteiger partial charge in [-0.05, 0) is 68.0 Å². The molecule has 1 spiro atoms. The summed E-state index contributed by atoms with van der Waals surface area (Å²) in [5, 5.41) is 13.3. The predicted molar refractivity (Wildman–Crippen MR) is 175 cm³/mol. The third-order valence-corrected chi connectivity index (χ3v) is 10.5. The summed E-state index contributed by atoms with van der Waals surface area (Å²) in [6.07, 6.45) is 8.25. The van der Waals surface area contributed by atoms with Gasteiger partial charge in [0.2, 0.25) is 11.8 Å². The molecule has 46 heavy (non-hydrogen) atoms. The van der Waals surface area contributed by atoms with Crippen molar-refractivity contribution >= 4 is 34.0 Å². The Hall–Kier alpha value is -4.35. The van der Waals surface area contributed by atoms with Crippen LogP contribution in [-0.2, 0) is 21.4 Å². The number of H-pyrrole nitrogens is 1. The first-order valence-electron chi connectivity index (χ1n) is 16.5. The van der Waals surface area contributed by atoms with E-state index in [1.165, 1.54) is 11.1 Å². The first kappa shape index (κ1) is 29.1. The second kappa shape index (κ2) is 11.8. The molecule has 6 heterocycles. The number of benzene rings is 2. The number of carbonyl (C=O) groups excluding carboxylic acids is 2. The molecule has 4 aromatic rings. The number of nitrogens with zero attached hydrogens (tertiary/aromatic N) is 7. The van der Waals surface area contributed by atoms with E-state index in [-0.39, 0.29) is 11.8 Å². The zero-order valence-electron chi connectivity index (χ0n) is 26.3. The highest BCUT2D eigenvalue weighted by Crippen LogP contribution is 2.43. The van der Waals surface area contributed by atoms with Crippen LogP contribution in [0.4, 0.5) is 5.69 Å². The van der Waals surface area contributed by atoms with Crippen LogP contribution in [0.5, 0.6) is 0 Å². The van der Waals surface area contributed by atoms with Crippen molar-refractivity contribution in [3.8, 4) is 11.4 Å². The monoisotopic (exact) mass is 620 g/mol. The minimum absolute atomic E-state index is 0.136. The Labute approximate surface area is 268 Å². The number of hydrogen-bond acceptors (Lipinski definition) is 7. The number of aromatic nitrogens is 5. The van der Waals surface area contributed by atoms with Crippen LogP contribution in [0.15, 0.2) is 54.9 Å². The minimum atomic E-state index is -0.416. The van der Waals surface area contributed by atoms with Gasteiger partial charge in [0.15, 0.2) is 5.82 Å². The second-order valence-electron chi connectivity index (χ2n) is 13.3. The molecule has 0 saturated carbocycles. The van der Waals surface area contributed by atoms with Crippen molar-refractivity contribution in [3.05, 3.63) is 66.1 Å². The lowest BCUT2D eigenvalue weighted by Gasteiger charge is -2.29. The smallest absolute Gasteiger partial charge is 0.237 e. The van der Waals surface area contributed by atoms with Crippen molar-refractivity contribution in [3.63, 3.8) is 0 Å². The Kier molecular flexibility index (Phi) is 7.45. The van der Waals surface area contributed by atoms with Crippen LogP contribution in [0.1, 0.15) is 49.3 Å². The van der Waals surface area contributed by atoms with E-state index in [4.69, 9.17) is 4.74 Å². The van der Waals surface area contributed by atoms with Gasteiger partial charge in [-0.1, -0.05) is 30.3 Å². The zero-order valence-corrected chi connectivity index (χ0v) is 26.3. The van der Waals surface area contributed by atoms with Gasteiger partial charge in [-0.15, -0.1) is 0 Å². The summed E-state index contributed by atoms with van der Waals surface area (Å²) in [6.45, 7) is 5.31. The lowest BCUT2D eigenvalue weighted by molar-refractivity contribution is -0.132. The fourth-order valence-corrected chi connectivity index (χ4v) is 7.77. The molecular weight excluding hydrogens is 580 g/mol. The number of aromatic amines is 1. The molecule has 1 atom stereocenters. The van der Waals surface area contributed by atoms with Crippen molar-refractivity contribution in [1.82, 2.24) is 34.8 Å². The van der Waals surface area contributed by atoms with Gasteiger partial charge in [-0.25, -0.2) is 4.98 Å². The molecule has 11 heteroatoms. The predicted octanol–water partition coefficient (Wildman–Crippen LogP) is 4.00. The van der Waals surface area contributed by atoms with E-state index in [1.807, 2.05) is 29.0 Å². The van der Waals surface area contributed by atoms with Crippen LogP contribution < -0.4 is 4.90 Å². The Morgan fingerprint density at radius 1 is 1.04 bits per heavy atom. The largest absolute Gasteiger partial charge is 0.381 e. The highest BCUT2D eigenvalue weighted by Gasteiger charge is 2.51. The molecule has 2 aromatic heterocycles. The van der Waals surface area contributed by atoms with E-state index < -0.39 is 5.41 Å². The summed E-state index contributed by atoms with van der Waals surface area (Å²) in [4.78, 5) is 37.7. The van der Waals surface area contributed by atoms with Gasteiger partial charge >= 0.3 is 0 Å². The van der Waals surface area contributed by atoms with Crippen LogP contribution in [0.3, 0.4) is 0 Å². The maximum absolute atomic E-state index is 13.9. The van der Waals surface area contributed by atoms with E-state index in [0.29, 0.717) is 38.6 Å². The number of fused-ring (bicyclic) bond motifs is 1. The number of carbonyl (C=O) groups is 2. The Morgan fingerprint density at radius 2 is 1.85 bits per heavy atom. The maximum atomic E-state index is 13.9. The average molecular weight is 621 g/mol. The van der Waals surface area contributed by atoms with Crippen LogP contribution in [0.25, 0.3) is 27.9 Å². The Balaban J connectivity index is 0.882. The number of nitrogens with one attached hydrogen (secondary N) is 1. The summed E-state index contributed by atoms with van der Waals surface area (Å²) in [5.74, 6) is 1.42. The molecule has 1 N–H and O–H groups in total. The first-order valence-corrected chi connectivity index (χ1v) is 16.5. The lowest BCUT2D eigenvalue weighted by Crippen LogP contribution is -2.43. The molecule has 4 aliphatic heterocycles. The van der Waals surface area contributed by atoms with Gasteiger partial charge in [-0.2, -0.15) is 10.2 Å². The highest BCUT2D eigenvalue weighted by atomic mass is 16.5. The number of ether oxygens (including phenoxy) is 1. The van der Waals surface area contributed by atoms with E-state index in [9.17, 15) is 9.59 Å². The molecular formula is C35H40N8O3. The van der Waals surface area contributed by atoms with Gasteiger partial charge in [0, 0.05) is 69.0 Å². The summed E-state index contributed by atoms with van der Waals surface area (Å²) in [6, 6.07) is 14.5. The molecule has 238 valence electrons. The van der Waals surface area contributed by atoms with Crippen LogP contribution in [-0.4, -0.2) is 99.1 Å². The molecule has 3 saturated heterocycles. The lowest BCUT2D eigenvalue weighted by atomic mass is 9.85. The van der Waals surface area contributed by atoms with Gasteiger partial charge in [0.1, 0.15) is 6.33 Å². The summed E-state index contributed by atoms with van der Waals surface area (Å²) in [7, 11) is 1.86. The van der Waals surface area contributed by atoms with Crippen molar-refractivity contribution in [2.24, 2.45) is 12.5 Å². The molecule has 2 aromatic carbocycles. The SMILES string of the molecule is Cn1cnc(-c2ccc(C3=CCN(C(=O)CN4CC[C@]5(CCN(c6ccc7[nH]nc(C8CCOCC8)c7c6)C5=O)C4)CC3)cc2)n1. The first-order chi connectivity index (χ1) is 22.5. The molecule has 3 fully saturated rings. The third-order valence-electron chi connectivity index (χ3n) is 10.5. The van der Waals surface area contributed by atoms with E-state index >= 15 is 0 Å². The Morgan fingerprint density at radius 3 is 2.61 bits per heavy atom. The molecule has 0 aliphatic carbocycles. The third kappa shape index (κ3) is 5.31. The van der Waals surface area contributed by atoms with E-state index in [0.717, 1.165) is 85.5 Å². The van der Waals surface area contributed by atoms with E-state index in [2.05, 4.69) is 61.6 Å². The number of likely N-dealkylation sites (tertiary alicyclic amines) is 1. The van der Waals surface area contributed by atoms with Crippen LogP contribution in [0, 0.1) is 5.41 Å². The topological polar surface area (TPSA) is 112 Å². The molecule has 0 unspecified atom stereocenters. The number of rotatable bonds is 6. The molecule has 4 aliphatic rings. The van der Waals surface area contributed by atoms with Crippen molar-refractivity contribution in [2.45, 2.75) is 38.0 Å². The zero-order chi connectivity index (χ0) is 31.3. The highest BCUT2D eigenvalue weighted by molar-refractivity contribution is 6.02. The number of aryl methyl sites for hydroxylation is 1. The summed E-state index contributed by atoms with van der Waals surface area (Å²) < 4.78 is 7.26. The molecule has 0 bridgehead atoms. The van der Waals surface area contributed by atoms with Gasteiger partial charge in [0.05, 0.1) is 23.2 Å². The number of hydrogen-bond donors (Lipinski definition) is 1. The van der Waals surface area contributed by atoms with Crippen molar-refractivity contribution in [1.29, 1.82) is 0 Å². The number of anilines is 1. The summed E-state index contributed by atoms with van der Waals surface area (Å²) in [5.41, 5.74) is 6.04. The average Bonchev–Trinajstić information content (AvgIpc) is 3.89. The van der Waals surface area contributed by atoms with Crippen molar-refractivity contribution in [2.75, 3.05) is 57.4 Å². The van der Waals surface area contributed by atoms with Crippen molar-refractivity contribution < 1.29 is 14.3 Å². The molecule has 8 rings (SSSR count). The Bertz CT molecular complexity index is 1800. The fourth-order valence-electron chi connectivity index (χ4n) is 7.77. The maximum Gasteiger partial charge on any atom is 0.237 e. The summed E-state index contributed by atoms with van der Waals surface area (Å²) >= 11 is 0. The van der Waals surface area contributed by atoms with Crippen LogP contribution >= 0.6 is 0 Å². The molecule has 0 radical (unpaired) electrons. The number of amides is 2. The van der Waals surface area contributed by atoms with Gasteiger partial charge in [-0.3, -0.25) is 24.3 Å². The molecule has 11 nitrogen and oxygen atoms in total. The quantitative estimate of drug-likeness (QED) is 0.347. The van der Waals surface area contributed by atoms with E-state index in [1.54, 1.807) is 11.0 Å². The van der Waals surface area contributed by atoms with Crippen LogP contribution in [0.2, 0.25) is 0 Å². The minimum Gasteiger partial charge on any atom is -0.381 e. The van der Waals surface area contributed by atoms with Gasteiger partial charge in [0.25, 0.3) is 0 Å². The fraction of sp³-hybridized carbons (Fsp3) is 0.457.